The summed E-state index contributed by atoms with van der Waals surface area (Å²) < 4.78 is 43.2. The molecule has 1 aliphatic rings. The SMILES string of the molecule is CC(C)(C)OC(=O)N1CCCC=C1c1ccc(C(F)(F)F)cn1. The van der Waals surface area contributed by atoms with Gasteiger partial charge in [0.1, 0.15) is 5.60 Å². The summed E-state index contributed by atoms with van der Waals surface area (Å²) in [6, 6.07) is 2.24. The third-order valence-corrected chi connectivity index (χ3v) is 3.18. The second kappa shape index (κ2) is 6.22. The fourth-order valence-corrected chi connectivity index (χ4v) is 2.18. The molecule has 4 nitrogen and oxygen atoms in total. The predicted molar refractivity (Wildman–Crippen MR) is 79.4 cm³/mol. The van der Waals surface area contributed by atoms with Crippen LogP contribution in [-0.2, 0) is 10.9 Å². The van der Waals surface area contributed by atoms with Gasteiger partial charge in [-0.05, 0) is 45.7 Å². The number of carbonyl (C=O) groups is 1. The lowest BCUT2D eigenvalue weighted by atomic mass is 10.1. The van der Waals surface area contributed by atoms with Gasteiger partial charge in [-0.3, -0.25) is 9.88 Å². The molecule has 0 aliphatic carbocycles. The Morgan fingerprint density at radius 3 is 2.48 bits per heavy atom. The molecule has 7 heteroatoms. The maximum atomic E-state index is 12.6. The molecule has 0 saturated heterocycles. The zero-order valence-corrected chi connectivity index (χ0v) is 13.3. The first kappa shape index (κ1) is 17.3. The minimum Gasteiger partial charge on any atom is -0.443 e. The van der Waals surface area contributed by atoms with Gasteiger partial charge in [-0.25, -0.2) is 4.79 Å². The highest BCUT2D eigenvalue weighted by molar-refractivity contribution is 5.81. The van der Waals surface area contributed by atoms with E-state index < -0.39 is 23.4 Å². The molecule has 1 aliphatic heterocycles. The second-order valence-corrected chi connectivity index (χ2v) is 6.29. The summed E-state index contributed by atoms with van der Waals surface area (Å²) >= 11 is 0. The molecule has 1 aromatic rings. The number of carbonyl (C=O) groups excluding carboxylic acids is 1. The van der Waals surface area contributed by atoms with Crippen molar-refractivity contribution in [3.63, 3.8) is 0 Å². The van der Waals surface area contributed by atoms with Gasteiger partial charge in [-0.1, -0.05) is 6.08 Å². The second-order valence-electron chi connectivity index (χ2n) is 6.29. The van der Waals surface area contributed by atoms with E-state index in [1.165, 1.54) is 11.0 Å². The molecule has 0 aromatic carbocycles. The molecule has 2 rings (SSSR count). The van der Waals surface area contributed by atoms with Crippen LogP contribution in [-0.4, -0.2) is 28.1 Å². The number of nitrogens with zero attached hydrogens (tertiary/aromatic N) is 2. The molecule has 0 unspecified atom stereocenters. The van der Waals surface area contributed by atoms with E-state index in [1.54, 1.807) is 26.8 Å². The fourth-order valence-electron chi connectivity index (χ4n) is 2.18. The predicted octanol–water partition coefficient (Wildman–Crippen LogP) is 4.47. The quantitative estimate of drug-likeness (QED) is 0.764. The molecule has 0 saturated carbocycles. The Balaban J connectivity index is 2.25. The number of allylic oxidation sites excluding steroid dienone is 1. The van der Waals surface area contributed by atoms with Gasteiger partial charge < -0.3 is 4.74 Å². The lowest BCUT2D eigenvalue weighted by Crippen LogP contribution is -2.37. The Morgan fingerprint density at radius 1 is 1.26 bits per heavy atom. The summed E-state index contributed by atoms with van der Waals surface area (Å²) in [6.45, 7) is 5.72. The van der Waals surface area contributed by atoms with Crippen LogP contribution >= 0.6 is 0 Å². The van der Waals surface area contributed by atoms with Crippen molar-refractivity contribution in [2.75, 3.05) is 6.54 Å². The van der Waals surface area contributed by atoms with Crippen molar-refractivity contribution in [3.8, 4) is 0 Å². The van der Waals surface area contributed by atoms with Crippen LogP contribution in [0.2, 0.25) is 0 Å². The first-order chi connectivity index (χ1) is 10.6. The molecule has 0 fully saturated rings. The Labute approximate surface area is 133 Å². The molecule has 1 amide bonds. The summed E-state index contributed by atoms with van der Waals surface area (Å²) in [7, 11) is 0. The van der Waals surface area contributed by atoms with Crippen molar-refractivity contribution < 1.29 is 22.7 Å². The third kappa shape index (κ3) is 4.46. The largest absolute Gasteiger partial charge is 0.443 e. The van der Waals surface area contributed by atoms with Crippen LogP contribution in [0.3, 0.4) is 0 Å². The van der Waals surface area contributed by atoms with E-state index >= 15 is 0 Å². The molecule has 0 radical (unpaired) electrons. The average Bonchev–Trinajstić information content (AvgIpc) is 2.45. The van der Waals surface area contributed by atoms with Crippen molar-refractivity contribution in [1.82, 2.24) is 9.88 Å². The molecule has 0 N–H and O–H groups in total. The summed E-state index contributed by atoms with van der Waals surface area (Å²) in [5.74, 6) is 0. The highest BCUT2D eigenvalue weighted by Crippen LogP contribution is 2.31. The van der Waals surface area contributed by atoms with E-state index in [1.807, 2.05) is 0 Å². The van der Waals surface area contributed by atoms with E-state index in [0.29, 0.717) is 17.9 Å². The number of halogens is 3. The van der Waals surface area contributed by atoms with Gasteiger partial charge in [0.25, 0.3) is 0 Å². The van der Waals surface area contributed by atoms with E-state index in [4.69, 9.17) is 4.74 Å². The number of hydrogen-bond acceptors (Lipinski definition) is 3. The standard InChI is InChI=1S/C16H19F3N2O2/c1-15(2,3)23-14(22)21-9-5-4-6-13(21)12-8-7-11(10-20-12)16(17,18)19/h6-8,10H,4-5,9H2,1-3H3. The first-order valence-electron chi connectivity index (χ1n) is 7.32. The Hall–Kier alpha value is -2.05. The fraction of sp³-hybridized carbons (Fsp3) is 0.500. The van der Waals surface area contributed by atoms with Crippen LogP contribution in [0.4, 0.5) is 18.0 Å². The van der Waals surface area contributed by atoms with Crippen molar-refractivity contribution in [1.29, 1.82) is 0 Å². The topological polar surface area (TPSA) is 42.4 Å². The summed E-state index contributed by atoms with van der Waals surface area (Å²) in [4.78, 5) is 17.6. The maximum absolute atomic E-state index is 12.6. The third-order valence-electron chi connectivity index (χ3n) is 3.18. The number of hydrogen-bond donors (Lipinski definition) is 0. The minimum atomic E-state index is -4.43. The zero-order chi connectivity index (χ0) is 17.3. The number of aromatic nitrogens is 1. The molecule has 0 bridgehead atoms. The number of pyridine rings is 1. The number of ether oxygens (including phenoxy) is 1. The van der Waals surface area contributed by atoms with Crippen molar-refractivity contribution in [2.24, 2.45) is 0 Å². The number of rotatable bonds is 1. The smallest absolute Gasteiger partial charge is 0.417 e. The Kier molecular flexibility index (Phi) is 4.68. The van der Waals surface area contributed by atoms with E-state index in [-0.39, 0.29) is 0 Å². The lowest BCUT2D eigenvalue weighted by Gasteiger charge is -2.31. The van der Waals surface area contributed by atoms with Crippen molar-refractivity contribution in [2.45, 2.75) is 45.4 Å². The monoisotopic (exact) mass is 328 g/mol. The van der Waals surface area contributed by atoms with Gasteiger partial charge in [0.15, 0.2) is 0 Å². The van der Waals surface area contributed by atoms with E-state index in [0.717, 1.165) is 25.1 Å². The molecule has 0 atom stereocenters. The Morgan fingerprint density at radius 2 is 1.96 bits per heavy atom. The van der Waals surface area contributed by atoms with Crippen LogP contribution in [0.25, 0.3) is 5.70 Å². The van der Waals surface area contributed by atoms with E-state index in [2.05, 4.69) is 4.98 Å². The van der Waals surface area contributed by atoms with Gasteiger partial charge in [0, 0.05) is 12.7 Å². The highest BCUT2D eigenvalue weighted by atomic mass is 19.4. The lowest BCUT2D eigenvalue weighted by molar-refractivity contribution is -0.137. The maximum Gasteiger partial charge on any atom is 0.417 e. The molecular formula is C16H19F3N2O2. The average molecular weight is 328 g/mol. The van der Waals surface area contributed by atoms with E-state index in [9.17, 15) is 18.0 Å². The van der Waals surface area contributed by atoms with Gasteiger partial charge in [0.2, 0.25) is 0 Å². The van der Waals surface area contributed by atoms with Gasteiger partial charge >= 0.3 is 12.3 Å². The van der Waals surface area contributed by atoms with Gasteiger partial charge in [0.05, 0.1) is 17.0 Å². The van der Waals surface area contributed by atoms with Crippen molar-refractivity contribution >= 4 is 11.8 Å². The first-order valence-corrected chi connectivity index (χ1v) is 7.32. The number of alkyl halides is 3. The summed E-state index contributed by atoms with van der Waals surface area (Å²) in [5, 5.41) is 0. The summed E-state index contributed by atoms with van der Waals surface area (Å²) in [5.41, 5.74) is -0.656. The molecule has 126 valence electrons. The normalized spacial score (nSPS) is 16.1. The number of amides is 1. The molecular weight excluding hydrogens is 309 g/mol. The molecule has 2 heterocycles. The van der Waals surface area contributed by atoms with Crippen LogP contribution in [0.5, 0.6) is 0 Å². The molecule has 23 heavy (non-hydrogen) atoms. The highest BCUT2D eigenvalue weighted by Gasteiger charge is 2.32. The van der Waals surface area contributed by atoms with Gasteiger partial charge in [-0.2, -0.15) is 13.2 Å². The summed E-state index contributed by atoms with van der Waals surface area (Å²) in [6.07, 6.45) is -0.885. The van der Waals surface area contributed by atoms with Crippen LogP contribution < -0.4 is 0 Å². The van der Waals surface area contributed by atoms with Crippen LogP contribution in [0.15, 0.2) is 24.4 Å². The molecule has 0 spiro atoms. The van der Waals surface area contributed by atoms with Crippen LogP contribution in [0, 0.1) is 0 Å². The zero-order valence-electron chi connectivity index (χ0n) is 13.3. The Bertz CT molecular complexity index is 601. The van der Waals surface area contributed by atoms with Crippen molar-refractivity contribution in [3.05, 3.63) is 35.7 Å². The minimum absolute atomic E-state index is 0.323. The van der Waals surface area contributed by atoms with Gasteiger partial charge in [-0.15, -0.1) is 0 Å². The van der Waals surface area contributed by atoms with Crippen LogP contribution in [0.1, 0.15) is 44.9 Å². The molecule has 1 aromatic heterocycles.